The third-order valence-electron chi connectivity index (χ3n) is 2.71. The Morgan fingerprint density at radius 1 is 1.17 bits per heavy atom. The highest BCUT2D eigenvalue weighted by atomic mass is 32.1. The quantitative estimate of drug-likeness (QED) is 0.745. The number of para-hydroxylation sites is 1. The Balaban J connectivity index is 1.84. The van der Waals surface area contributed by atoms with Crippen molar-refractivity contribution in [1.29, 1.82) is 0 Å². The van der Waals surface area contributed by atoms with E-state index in [2.05, 4.69) is 51.0 Å². The number of H-pyrrole nitrogens is 1. The monoisotopic (exact) mass is 255 g/mol. The Kier molecular flexibility index (Phi) is 3.10. The molecule has 0 unspecified atom stereocenters. The van der Waals surface area contributed by atoms with Crippen molar-refractivity contribution in [2.45, 2.75) is 6.54 Å². The minimum atomic E-state index is 0.704. The highest BCUT2D eigenvalue weighted by Gasteiger charge is 2.05. The number of aromatic nitrogens is 2. The summed E-state index contributed by atoms with van der Waals surface area (Å²) in [5.41, 5.74) is 2.37. The fourth-order valence-electron chi connectivity index (χ4n) is 1.86. The molecule has 0 aliphatic heterocycles. The Labute approximate surface area is 110 Å². The Bertz CT molecular complexity index is 600. The van der Waals surface area contributed by atoms with Crippen LogP contribution in [-0.4, -0.2) is 9.97 Å². The van der Waals surface area contributed by atoms with Crippen LogP contribution in [0.1, 0.15) is 5.82 Å². The van der Waals surface area contributed by atoms with Gasteiger partial charge in [0.25, 0.3) is 0 Å². The van der Waals surface area contributed by atoms with Gasteiger partial charge >= 0.3 is 0 Å². The molecule has 2 N–H and O–H groups in total. The molecule has 18 heavy (non-hydrogen) atoms. The van der Waals surface area contributed by atoms with Crippen LogP contribution in [0.3, 0.4) is 0 Å². The molecule has 3 nitrogen and oxygen atoms in total. The number of imidazole rings is 1. The van der Waals surface area contributed by atoms with Gasteiger partial charge in [-0.2, -0.15) is 0 Å². The minimum Gasteiger partial charge on any atom is -0.377 e. The first kappa shape index (κ1) is 11.0. The van der Waals surface area contributed by atoms with Gasteiger partial charge in [0.05, 0.1) is 6.54 Å². The Morgan fingerprint density at radius 2 is 2.11 bits per heavy atom. The molecule has 3 rings (SSSR count). The lowest BCUT2D eigenvalue weighted by atomic mass is 10.1. The summed E-state index contributed by atoms with van der Waals surface area (Å²) in [6, 6.07) is 12.5. The van der Waals surface area contributed by atoms with Crippen molar-refractivity contribution in [2.75, 3.05) is 5.32 Å². The molecular formula is C14H13N3S. The summed E-state index contributed by atoms with van der Waals surface area (Å²) in [5, 5.41) is 5.51. The fraction of sp³-hybridized carbons (Fsp3) is 0.0714. The van der Waals surface area contributed by atoms with Crippen molar-refractivity contribution >= 4 is 17.0 Å². The van der Waals surface area contributed by atoms with E-state index < -0.39 is 0 Å². The molecule has 2 heterocycles. The number of benzene rings is 1. The number of aromatic amines is 1. The van der Waals surface area contributed by atoms with Crippen LogP contribution in [0.25, 0.3) is 10.4 Å². The third kappa shape index (κ3) is 2.28. The molecule has 0 spiro atoms. The summed E-state index contributed by atoms with van der Waals surface area (Å²) in [6.07, 6.45) is 3.60. The van der Waals surface area contributed by atoms with Gasteiger partial charge in [-0.3, -0.25) is 0 Å². The first-order valence-corrected chi connectivity index (χ1v) is 6.66. The highest BCUT2D eigenvalue weighted by Crippen LogP contribution is 2.31. The van der Waals surface area contributed by atoms with E-state index >= 15 is 0 Å². The highest BCUT2D eigenvalue weighted by molar-refractivity contribution is 7.13. The van der Waals surface area contributed by atoms with Gasteiger partial charge in [-0.1, -0.05) is 24.3 Å². The molecule has 0 aliphatic rings. The van der Waals surface area contributed by atoms with E-state index in [9.17, 15) is 0 Å². The first-order chi connectivity index (χ1) is 8.93. The van der Waals surface area contributed by atoms with Crippen LogP contribution in [0, 0.1) is 0 Å². The molecule has 0 fully saturated rings. The fourth-order valence-corrected chi connectivity index (χ4v) is 2.62. The summed E-state index contributed by atoms with van der Waals surface area (Å²) >= 11 is 1.75. The smallest absolute Gasteiger partial charge is 0.125 e. The van der Waals surface area contributed by atoms with Crippen molar-refractivity contribution in [2.24, 2.45) is 0 Å². The van der Waals surface area contributed by atoms with E-state index in [1.807, 2.05) is 12.3 Å². The van der Waals surface area contributed by atoms with Crippen molar-refractivity contribution in [3.63, 3.8) is 0 Å². The molecule has 0 saturated carbocycles. The molecule has 90 valence electrons. The van der Waals surface area contributed by atoms with Gasteiger partial charge in [-0.25, -0.2) is 4.98 Å². The number of nitrogens with zero attached hydrogens (tertiary/aromatic N) is 1. The van der Waals surface area contributed by atoms with Crippen LogP contribution in [0.5, 0.6) is 0 Å². The average molecular weight is 255 g/mol. The van der Waals surface area contributed by atoms with Crippen LogP contribution >= 0.6 is 11.3 Å². The number of thiophene rings is 1. The predicted octanol–water partition coefficient (Wildman–Crippen LogP) is 3.75. The van der Waals surface area contributed by atoms with E-state index in [4.69, 9.17) is 0 Å². The number of rotatable bonds is 4. The van der Waals surface area contributed by atoms with Crippen LogP contribution in [0.15, 0.2) is 54.2 Å². The van der Waals surface area contributed by atoms with E-state index in [0.717, 1.165) is 11.5 Å². The zero-order valence-corrected chi connectivity index (χ0v) is 10.6. The Morgan fingerprint density at radius 3 is 2.89 bits per heavy atom. The minimum absolute atomic E-state index is 0.704. The zero-order valence-electron chi connectivity index (χ0n) is 9.76. The van der Waals surface area contributed by atoms with Gasteiger partial charge in [0.2, 0.25) is 0 Å². The number of hydrogen-bond donors (Lipinski definition) is 2. The predicted molar refractivity (Wildman–Crippen MR) is 75.7 cm³/mol. The summed E-state index contributed by atoms with van der Waals surface area (Å²) in [5.74, 6) is 0.941. The Hall–Kier alpha value is -2.07. The second kappa shape index (κ2) is 5.06. The summed E-state index contributed by atoms with van der Waals surface area (Å²) in [7, 11) is 0. The van der Waals surface area contributed by atoms with Gasteiger partial charge < -0.3 is 10.3 Å². The third-order valence-corrected chi connectivity index (χ3v) is 3.62. The maximum atomic E-state index is 4.21. The van der Waals surface area contributed by atoms with Gasteiger partial charge in [-0.05, 0) is 17.5 Å². The lowest BCUT2D eigenvalue weighted by molar-refractivity contribution is 1.00. The second-order valence-corrected chi connectivity index (χ2v) is 4.86. The number of hydrogen-bond acceptors (Lipinski definition) is 3. The van der Waals surface area contributed by atoms with E-state index in [1.165, 1.54) is 10.4 Å². The van der Waals surface area contributed by atoms with Crippen LogP contribution in [0.4, 0.5) is 5.69 Å². The van der Waals surface area contributed by atoms with E-state index in [1.54, 1.807) is 17.5 Å². The van der Waals surface area contributed by atoms with Crippen LogP contribution in [0.2, 0.25) is 0 Å². The summed E-state index contributed by atoms with van der Waals surface area (Å²) in [4.78, 5) is 8.57. The lowest BCUT2D eigenvalue weighted by Crippen LogP contribution is -2.02. The topological polar surface area (TPSA) is 40.7 Å². The molecule has 0 bridgehead atoms. The molecule has 0 aliphatic carbocycles. The molecule has 0 radical (unpaired) electrons. The maximum Gasteiger partial charge on any atom is 0.125 e. The SMILES string of the molecule is c1csc(-c2ccccc2NCc2ncc[nH]2)c1. The lowest BCUT2D eigenvalue weighted by Gasteiger charge is -2.09. The van der Waals surface area contributed by atoms with E-state index in [0.29, 0.717) is 6.54 Å². The van der Waals surface area contributed by atoms with Crippen LogP contribution < -0.4 is 5.32 Å². The molecule has 0 amide bonds. The summed E-state index contributed by atoms with van der Waals surface area (Å²) < 4.78 is 0. The van der Waals surface area contributed by atoms with Crippen LogP contribution in [-0.2, 0) is 6.54 Å². The second-order valence-electron chi connectivity index (χ2n) is 3.91. The van der Waals surface area contributed by atoms with Crippen molar-refractivity contribution < 1.29 is 0 Å². The molecule has 0 saturated heterocycles. The van der Waals surface area contributed by atoms with Gasteiger partial charge in [-0.15, -0.1) is 11.3 Å². The molecule has 1 aromatic carbocycles. The van der Waals surface area contributed by atoms with E-state index in [-0.39, 0.29) is 0 Å². The van der Waals surface area contributed by atoms with Crippen molar-refractivity contribution in [1.82, 2.24) is 9.97 Å². The molecular weight excluding hydrogens is 242 g/mol. The molecule has 0 atom stereocenters. The average Bonchev–Trinajstić information content (AvgIpc) is 3.10. The summed E-state index contributed by atoms with van der Waals surface area (Å²) in [6.45, 7) is 0.704. The number of anilines is 1. The zero-order chi connectivity index (χ0) is 12.2. The molecule has 3 aromatic rings. The van der Waals surface area contributed by atoms with Gasteiger partial charge in [0.1, 0.15) is 5.82 Å². The first-order valence-electron chi connectivity index (χ1n) is 5.78. The number of nitrogens with one attached hydrogen (secondary N) is 2. The molecule has 4 heteroatoms. The van der Waals surface area contributed by atoms with Gasteiger partial charge in [0, 0.05) is 28.5 Å². The molecule has 2 aromatic heterocycles. The normalized spacial score (nSPS) is 10.4. The van der Waals surface area contributed by atoms with Crippen molar-refractivity contribution in [3.8, 4) is 10.4 Å². The maximum absolute atomic E-state index is 4.21. The largest absolute Gasteiger partial charge is 0.377 e. The standard InChI is InChI=1S/C14H13N3S/c1-2-5-12(17-10-14-15-7-8-16-14)11(4-1)13-6-3-9-18-13/h1-9,17H,10H2,(H,15,16). The van der Waals surface area contributed by atoms with Gasteiger partial charge in [0.15, 0.2) is 0 Å². The van der Waals surface area contributed by atoms with Crippen molar-refractivity contribution in [3.05, 3.63) is 60.0 Å².